The van der Waals surface area contributed by atoms with Crippen LogP contribution in [0.3, 0.4) is 0 Å². The zero-order valence-corrected chi connectivity index (χ0v) is 11.5. The van der Waals surface area contributed by atoms with Crippen LogP contribution in [0.15, 0.2) is 17.5 Å². The van der Waals surface area contributed by atoms with Crippen molar-refractivity contribution in [3.63, 3.8) is 0 Å². The molecular weight excluding hydrogens is 234 g/mol. The second-order valence-corrected chi connectivity index (χ2v) is 5.11. The summed E-state index contributed by atoms with van der Waals surface area (Å²) in [5.74, 6) is 0. The number of unbranched alkanes of at least 4 members (excludes halogenated alkanes) is 1. The average molecular weight is 257 g/mol. The van der Waals surface area contributed by atoms with Gasteiger partial charge < -0.3 is 15.2 Å². The third-order valence-electron chi connectivity index (χ3n) is 2.47. The highest BCUT2D eigenvalue weighted by Crippen LogP contribution is 2.24. The van der Waals surface area contributed by atoms with Gasteiger partial charge in [0, 0.05) is 17.5 Å². The van der Waals surface area contributed by atoms with Gasteiger partial charge in [-0.05, 0) is 24.8 Å². The Bertz CT molecular complexity index is 275. The Morgan fingerprint density at radius 1 is 1.35 bits per heavy atom. The molecular formula is C13H23NO2S. The molecule has 98 valence electrons. The van der Waals surface area contributed by atoms with Gasteiger partial charge in [0.25, 0.3) is 0 Å². The van der Waals surface area contributed by atoms with Crippen LogP contribution in [0, 0.1) is 0 Å². The summed E-state index contributed by atoms with van der Waals surface area (Å²) in [5, 5.41) is 2.05. The Labute approximate surface area is 108 Å². The molecule has 4 heteroatoms. The van der Waals surface area contributed by atoms with E-state index in [-0.39, 0.29) is 12.1 Å². The first kappa shape index (κ1) is 14.6. The van der Waals surface area contributed by atoms with Gasteiger partial charge in [-0.1, -0.05) is 19.4 Å². The second kappa shape index (κ2) is 8.64. The monoisotopic (exact) mass is 257 g/mol. The highest BCUT2D eigenvalue weighted by atomic mass is 32.1. The number of thiophene rings is 1. The van der Waals surface area contributed by atoms with Gasteiger partial charge in [-0.15, -0.1) is 11.3 Å². The van der Waals surface area contributed by atoms with Crippen molar-refractivity contribution >= 4 is 11.3 Å². The minimum Gasteiger partial charge on any atom is -0.379 e. The van der Waals surface area contributed by atoms with Gasteiger partial charge in [0.2, 0.25) is 0 Å². The number of hydrogen-bond acceptors (Lipinski definition) is 4. The fourth-order valence-corrected chi connectivity index (χ4v) is 2.42. The predicted octanol–water partition coefficient (Wildman–Crippen LogP) is 2.97. The normalized spacial score (nSPS) is 14.8. The van der Waals surface area contributed by atoms with Crippen molar-refractivity contribution in [3.8, 4) is 0 Å². The number of ether oxygens (including phenoxy) is 2. The van der Waals surface area contributed by atoms with E-state index in [0.717, 1.165) is 13.0 Å². The van der Waals surface area contributed by atoms with Crippen LogP contribution in [0.25, 0.3) is 0 Å². The van der Waals surface area contributed by atoms with Crippen molar-refractivity contribution in [2.45, 2.75) is 38.8 Å². The zero-order chi connectivity index (χ0) is 12.5. The summed E-state index contributed by atoms with van der Waals surface area (Å²) in [6, 6.07) is 4.09. The molecule has 0 radical (unpaired) electrons. The molecule has 1 aromatic heterocycles. The zero-order valence-electron chi connectivity index (χ0n) is 10.7. The summed E-state index contributed by atoms with van der Waals surface area (Å²) >= 11 is 1.69. The van der Waals surface area contributed by atoms with E-state index in [2.05, 4.69) is 13.0 Å². The van der Waals surface area contributed by atoms with Gasteiger partial charge in [0.05, 0.1) is 13.2 Å². The molecule has 1 rings (SSSR count). The van der Waals surface area contributed by atoms with Gasteiger partial charge in [-0.2, -0.15) is 0 Å². The van der Waals surface area contributed by atoms with Crippen molar-refractivity contribution in [2.75, 3.05) is 19.8 Å². The fourth-order valence-electron chi connectivity index (χ4n) is 1.53. The van der Waals surface area contributed by atoms with Crippen LogP contribution < -0.4 is 5.73 Å². The average Bonchev–Trinajstić information content (AvgIpc) is 2.81. The summed E-state index contributed by atoms with van der Waals surface area (Å²) in [6.07, 6.45) is 2.27. The molecule has 0 aliphatic carbocycles. The molecule has 17 heavy (non-hydrogen) atoms. The smallest absolute Gasteiger partial charge is 0.106 e. The summed E-state index contributed by atoms with van der Waals surface area (Å²) < 4.78 is 11.2. The first-order valence-corrected chi connectivity index (χ1v) is 7.12. The Hall–Kier alpha value is -0.420. The van der Waals surface area contributed by atoms with Crippen LogP contribution >= 0.6 is 11.3 Å². The Morgan fingerprint density at radius 2 is 2.18 bits per heavy atom. The van der Waals surface area contributed by atoms with Crippen molar-refractivity contribution < 1.29 is 9.47 Å². The van der Waals surface area contributed by atoms with E-state index >= 15 is 0 Å². The molecule has 2 N–H and O–H groups in total. The van der Waals surface area contributed by atoms with Gasteiger partial charge in [-0.3, -0.25) is 0 Å². The maximum atomic E-state index is 5.93. The summed E-state index contributed by atoms with van der Waals surface area (Å²) in [4.78, 5) is 1.19. The van der Waals surface area contributed by atoms with E-state index in [1.54, 1.807) is 11.3 Å². The molecule has 1 aromatic rings. The lowest BCUT2D eigenvalue weighted by atomic mass is 10.1. The topological polar surface area (TPSA) is 44.5 Å². The van der Waals surface area contributed by atoms with Crippen LogP contribution in [0.1, 0.15) is 37.7 Å². The highest BCUT2D eigenvalue weighted by Gasteiger charge is 2.17. The van der Waals surface area contributed by atoms with Crippen molar-refractivity contribution in [3.05, 3.63) is 22.4 Å². The van der Waals surface area contributed by atoms with Crippen LogP contribution in [-0.2, 0) is 9.47 Å². The van der Waals surface area contributed by atoms with Crippen molar-refractivity contribution in [2.24, 2.45) is 5.73 Å². The Balaban J connectivity index is 2.22. The molecule has 3 nitrogen and oxygen atoms in total. The SMILES string of the molecule is CCCCOCCOC(c1cccs1)C(C)N. The maximum absolute atomic E-state index is 5.93. The molecule has 0 aromatic carbocycles. The Kier molecular flexibility index (Phi) is 7.44. The van der Waals surface area contributed by atoms with Crippen molar-refractivity contribution in [1.29, 1.82) is 0 Å². The first-order chi connectivity index (χ1) is 8.25. The molecule has 0 fully saturated rings. The summed E-state index contributed by atoms with van der Waals surface area (Å²) in [5.41, 5.74) is 5.93. The van der Waals surface area contributed by atoms with E-state index in [0.29, 0.717) is 13.2 Å². The minimum absolute atomic E-state index is 0.00397. The van der Waals surface area contributed by atoms with Gasteiger partial charge in [-0.25, -0.2) is 0 Å². The standard InChI is InChI=1S/C13H23NO2S/c1-3-4-7-15-8-9-16-13(11(2)14)12-6-5-10-17-12/h5-6,10-11,13H,3-4,7-9,14H2,1-2H3. The quantitative estimate of drug-likeness (QED) is 0.692. The molecule has 2 unspecified atom stereocenters. The molecule has 0 amide bonds. The van der Waals surface area contributed by atoms with Gasteiger partial charge >= 0.3 is 0 Å². The fraction of sp³-hybridized carbons (Fsp3) is 0.692. The van der Waals surface area contributed by atoms with Crippen LogP contribution in [0.2, 0.25) is 0 Å². The molecule has 0 bridgehead atoms. The molecule has 2 atom stereocenters. The third kappa shape index (κ3) is 5.64. The van der Waals surface area contributed by atoms with Gasteiger partial charge in [0.15, 0.2) is 0 Å². The van der Waals surface area contributed by atoms with Crippen LogP contribution in [0.5, 0.6) is 0 Å². The van der Waals surface area contributed by atoms with E-state index in [1.165, 1.54) is 11.3 Å². The Morgan fingerprint density at radius 3 is 2.76 bits per heavy atom. The lowest BCUT2D eigenvalue weighted by molar-refractivity contribution is -0.00374. The molecule has 1 heterocycles. The van der Waals surface area contributed by atoms with E-state index in [9.17, 15) is 0 Å². The molecule has 0 spiro atoms. The number of nitrogens with two attached hydrogens (primary N) is 1. The lowest BCUT2D eigenvalue weighted by Gasteiger charge is -2.20. The summed E-state index contributed by atoms with van der Waals surface area (Å²) in [6.45, 7) is 6.20. The van der Waals surface area contributed by atoms with Gasteiger partial charge in [0.1, 0.15) is 6.10 Å². The lowest BCUT2D eigenvalue weighted by Crippen LogP contribution is -2.27. The maximum Gasteiger partial charge on any atom is 0.106 e. The van der Waals surface area contributed by atoms with Crippen LogP contribution in [-0.4, -0.2) is 25.9 Å². The second-order valence-electron chi connectivity index (χ2n) is 4.13. The van der Waals surface area contributed by atoms with E-state index < -0.39 is 0 Å². The third-order valence-corrected chi connectivity index (χ3v) is 3.40. The van der Waals surface area contributed by atoms with E-state index in [1.807, 2.05) is 18.4 Å². The predicted molar refractivity (Wildman–Crippen MR) is 72.4 cm³/mol. The molecule has 0 aliphatic heterocycles. The molecule has 0 aliphatic rings. The highest BCUT2D eigenvalue weighted by molar-refractivity contribution is 7.10. The molecule has 0 saturated heterocycles. The number of rotatable bonds is 9. The minimum atomic E-state index is -0.00947. The van der Waals surface area contributed by atoms with E-state index in [4.69, 9.17) is 15.2 Å². The van der Waals surface area contributed by atoms with Crippen molar-refractivity contribution in [1.82, 2.24) is 0 Å². The molecule has 0 saturated carbocycles. The largest absolute Gasteiger partial charge is 0.379 e. The first-order valence-electron chi connectivity index (χ1n) is 6.24. The summed E-state index contributed by atoms with van der Waals surface area (Å²) in [7, 11) is 0. The van der Waals surface area contributed by atoms with Crippen LogP contribution in [0.4, 0.5) is 0 Å². The number of hydrogen-bond donors (Lipinski definition) is 1.